The molecule has 4 nitrogen and oxygen atoms in total. The van der Waals surface area contributed by atoms with Gasteiger partial charge < -0.3 is 10.3 Å². The van der Waals surface area contributed by atoms with Crippen LogP contribution in [0.15, 0.2) is 65.6 Å². The lowest BCUT2D eigenvalue weighted by Gasteiger charge is -2.08. The summed E-state index contributed by atoms with van der Waals surface area (Å²) in [5, 5.41) is 3.39. The van der Waals surface area contributed by atoms with E-state index in [1.807, 2.05) is 32.1 Å². The lowest BCUT2D eigenvalue weighted by atomic mass is 10.0. The quantitative estimate of drug-likeness (QED) is 0.271. The Kier molecular flexibility index (Phi) is 8.78. The van der Waals surface area contributed by atoms with Crippen LogP contribution in [0.4, 0.5) is 17.6 Å². The van der Waals surface area contributed by atoms with E-state index in [1.54, 1.807) is 31.5 Å². The number of allylic oxidation sites excluding steroid dienone is 5. The Bertz CT molecular complexity index is 1030. The third-order valence-electron chi connectivity index (χ3n) is 4.49. The van der Waals surface area contributed by atoms with Crippen molar-refractivity contribution in [3.63, 3.8) is 0 Å². The molecule has 0 spiro atoms. The van der Waals surface area contributed by atoms with Crippen LogP contribution in [-0.4, -0.2) is 35.1 Å². The van der Waals surface area contributed by atoms with Gasteiger partial charge >= 0.3 is 0 Å². The maximum Gasteiger partial charge on any atom is 0.255 e. The Morgan fingerprint density at radius 3 is 2.58 bits per heavy atom. The summed E-state index contributed by atoms with van der Waals surface area (Å²) in [7, 11) is 0. The number of H-pyrrole nitrogens is 1. The molecular formula is C23H26F4N4. The van der Waals surface area contributed by atoms with Crippen LogP contribution >= 0.6 is 0 Å². The van der Waals surface area contributed by atoms with Crippen molar-refractivity contribution in [3.05, 3.63) is 71.9 Å². The second kappa shape index (κ2) is 11.3. The van der Waals surface area contributed by atoms with E-state index in [1.165, 1.54) is 0 Å². The van der Waals surface area contributed by atoms with Gasteiger partial charge in [0.05, 0.1) is 13.0 Å². The van der Waals surface area contributed by atoms with Gasteiger partial charge in [-0.15, -0.1) is 0 Å². The molecule has 2 aromatic heterocycles. The molecule has 8 heteroatoms. The van der Waals surface area contributed by atoms with Gasteiger partial charge in [-0.05, 0) is 50.1 Å². The van der Waals surface area contributed by atoms with Crippen molar-refractivity contribution in [1.29, 1.82) is 0 Å². The van der Waals surface area contributed by atoms with Gasteiger partial charge in [-0.3, -0.25) is 4.99 Å². The minimum Gasteiger partial charge on any atom is -0.380 e. The van der Waals surface area contributed by atoms with Crippen molar-refractivity contribution in [1.82, 2.24) is 15.3 Å². The summed E-state index contributed by atoms with van der Waals surface area (Å²) >= 11 is 0. The molecule has 0 saturated carbocycles. The minimum atomic E-state index is -2.45. The molecule has 0 aliphatic carbocycles. The average molecular weight is 434 g/mol. The zero-order valence-electron chi connectivity index (χ0n) is 17.7. The van der Waals surface area contributed by atoms with Crippen molar-refractivity contribution in [2.75, 3.05) is 6.54 Å². The molecule has 0 unspecified atom stereocenters. The second-order valence-electron chi connectivity index (χ2n) is 6.91. The van der Waals surface area contributed by atoms with Gasteiger partial charge in [0.15, 0.2) is 0 Å². The zero-order chi connectivity index (χ0) is 23.0. The maximum atomic E-state index is 12.6. The number of alkyl halides is 4. The smallest absolute Gasteiger partial charge is 0.255 e. The molecule has 2 N–H and O–H groups in total. The standard InChI is InChI=1S/C23H26F4N4/c1-5-17(7-6-15(3)28-11-14(2)16(4)29-13-22(26)27)20-12-30-23-19(20)9-8-18(31-23)10-21(24)25/h5-9,11-12,21-22,29H,4,10,13H2,1-3H3,(H,30,31)/b7-6-,14-11+,17-5+,28-15+. The summed E-state index contributed by atoms with van der Waals surface area (Å²) in [4.78, 5) is 11.6. The van der Waals surface area contributed by atoms with E-state index < -0.39 is 19.4 Å². The van der Waals surface area contributed by atoms with Crippen LogP contribution in [0.25, 0.3) is 16.6 Å². The van der Waals surface area contributed by atoms with Gasteiger partial charge in [0.1, 0.15) is 5.65 Å². The fourth-order valence-electron chi connectivity index (χ4n) is 2.77. The van der Waals surface area contributed by atoms with E-state index in [2.05, 4.69) is 26.9 Å². The van der Waals surface area contributed by atoms with Gasteiger partial charge in [-0.25, -0.2) is 22.5 Å². The highest BCUT2D eigenvalue weighted by molar-refractivity contribution is 5.98. The third-order valence-corrected chi connectivity index (χ3v) is 4.49. The van der Waals surface area contributed by atoms with Crippen LogP contribution in [0.5, 0.6) is 0 Å². The van der Waals surface area contributed by atoms with E-state index in [9.17, 15) is 17.6 Å². The Morgan fingerprint density at radius 2 is 1.94 bits per heavy atom. The van der Waals surface area contributed by atoms with E-state index in [0.29, 0.717) is 28.3 Å². The first-order valence-corrected chi connectivity index (χ1v) is 9.73. The summed E-state index contributed by atoms with van der Waals surface area (Å²) in [6, 6.07) is 3.40. The predicted octanol–water partition coefficient (Wildman–Crippen LogP) is 6.06. The first kappa shape index (κ1) is 24.1. The highest BCUT2D eigenvalue weighted by atomic mass is 19.3. The molecule has 0 radical (unpaired) electrons. The Labute approximate surface area is 179 Å². The highest BCUT2D eigenvalue weighted by Crippen LogP contribution is 2.25. The maximum absolute atomic E-state index is 12.6. The zero-order valence-corrected chi connectivity index (χ0v) is 17.7. The molecule has 0 aliphatic heterocycles. The number of halogens is 4. The molecule has 0 saturated heterocycles. The summed E-state index contributed by atoms with van der Waals surface area (Å²) < 4.78 is 49.7. The number of nitrogens with one attached hydrogen (secondary N) is 2. The largest absolute Gasteiger partial charge is 0.380 e. The minimum absolute atomic E-state index is 0.336. The van der Waals surface area contributed by atoms with Crippen LogP contribution in [0, 0.1) is 0 Å². The molecule has 0 aromatic carbocycles. The number of fused-ring (bicyclic) bond motifs is 1. The van der Waals surface area contributed by atoms with Crippen LogP contribution < -0.4 is 5.32 Å². The number of hydrogen-bond donors (Lipinski definition) is 2. The normalized spacial score (nSPS) is 13.8. The molecule has 2 rings (SSSR count). The SMILES string of the molecule is C=C(NCC(F)F)/C(C)=C/N=C(C)/C=C\C(=C/C)c1c[nH]c2nc(CC(F)F)ccc12. The number of rotatable bonds is 10. The summed E-state index contributed by atoms with van der Waals surface area (Å²) in [6.07, 6.45) is 3.73. The number of hydrogen-bond acceptors (Lipinski definition) is 3. The molecule has 0 aliphatic rings. The van der Waals surface area contributed by atoms with Crippen molar-refractivity contribution in [2.45, 2.75) is 40.0 Å². The van der Waals surface area contributed by atoms with Gasteiger partial charge in [0.2, 0.25) is 6.43 Å². The van der Waals surface area contributed by atoms with Crippen LogP contribution in [0.3, 0.4) is 0 Å². The molecule has 0 bridgehead atoms. The van der Waals surface area contributed by atoms with Crippen LogP contribution in [0.1, 0.15) is 32.0 Å². The molecule has 166 valence electrons. The lowest BCUT2D eigenvalue weighted by Crippen LogP contribution is -2.20. The fourth-order valence-corrected chi connectivity index (χ4v) is 2.77. The van der Waals surface area contributed by atoms with Crippen molar-refractivity contribution in [2.24, 2.45) is 4.99 Å². The van der Waals surface area contributed by atoms with E-state index in [4.69, 9.17) is 0 Å². The van der Waals surface area contributed by atoms with Crippen LogP contribution in [0.2, 0.25) is 0 Å². The van der Waals surface area contributed by atoms with Crippen molar-refractivity contribution < 1.29 is 17.6 Å². The number of aliphatic imine (C=N–C) groups is 1. The second-order valence-corrected chi connectivity index (χ2v) is 6.91. The van der Waals surface area contributed by atoms with Gasteiger partial charge in [-0.2, -0.15) is 0 Å². The van der Waals surface area contributed by atoms with Crippen molar-refractivity contribution in [3.8, 4) is 0 Å². The summed E-state index contributed by atoms with van der Waals surface area (Å²) in [5.41, 5.74) is 4.46. The molecule has 2 heterocycles. The number of aromatic amines is 1. The number of aromatic nitrogens is 2. The number of pyridine rings is 1. The first-order chi connectivity index (χ1) is 14.7. The Balaban J connectivity index is 2.14. The molecule has 31 heavy (non-hydrogen) atoms. The first-order valence-electron chi connectivity index (χ1n) is 9.73. The molecule has 0 atom stereocenters. The molecule has 2 aromatic rings. The summed E-state index contributed by atoms with van der Waals surface area (Å²) in [5.74, 6) is 0. The van der Waals surface area contributed by atoms with Crippen molar-refractivity contribution >= 4 is 22.3 Å². The van der Waals surface area contributed by atoms with Crippen LogP contribution in [-0.2, 0) is 6.42 Å². The van der Waals surface area contributed by atoms with E-state index >= 15 is 0 Å². The predicted molar refractivity (Wildman–Crippen MR) is 119 cm³/mol. The topological polar surface area (TPSA) is 53.1 Å². The Hall–Kier alpha value is -3.16. The highest BCUT2D eigenvalue weighted by Gasteiger charge is 2.11. The van der Waals surface area contributed by atoms with Gasteiger partial charge in [-0.1, -0.05) is 18.7 Å². The average Bonchev–Trinajstić information content (AvgIpc) is 3.13. The Morgan fingerprint density at radius 1 is 1.19 bits per heavy atom. The third kappa shape index (κ3) is 7.24. The molecule has 0 amide bonds. The molecule has 0 fully saturated rings. The monoisotopic (exact) mass is 434 g/mol. The van der Waals surface area contributed by atoms with E-state index in [0.717, 1.165) is 16.5 Å². The molecular weight excluding hydrogens is 408 g/mol. The lowest BCUT2D eigenvalue weighted by molar-refractivity contribution is 0.148. The summed E-state index contributed by atoms with van der Waals surface area (Å²) in [6.45, 7) is 8.71. The van der Waals surface area contributed by atoms with Gasteiger partial charge in [0.25, 0.3) is 6.43 Å². The van der Waals surface area contributed by atoms with Gasteiger partial charge in [0, 0.05) is 40.4 Å². The number of nitrogens with zero attached hydrogens (tertiary/aromatic N) is 2. The van der Waals surface area contributed by atoms with E-state index in [-0.39, 0.29) is 6.42 Å². The fraction of sp³-hybridized carbons (Fsp3) is 0.304.